The van der Waals surface area contributed by atoms with E-state index in [-0.39, 0.29) is 12.5 Å². The second-order valence-electron chi connectivity index (χ2n) is 6.83. The summed E-state index contributed by atoms with van der Waals surface area (Å²) in [5.41, 5.74) is 3.65. The molecule has 3 rings (SSSR count). The maximum atomic E-state index is 12.4. The average molecular weight is 436 g/mol. The highest BCUT2D eigenvalue weighted by molar-refractivity contribution is 6.31. The molecule has 0 unspecified atom stereocenters. The van der Waals surface area contributed by atoms with Gasteiger partial charge < -0.3 is 20.1 Å². The van der Waals surface area contributed by atoms with Crippen molar-refractivity contribution in [1.29, 1.82) is 5.26 Å². The predicted octanol–water partition coefficient (Wildman–Crippen LogP) is 5.16. The van der Waals surface area contributed by atoms with Gasteiger partial charge in [0.2, 0.25) is 5.91 Å². The average Bonchev–Trinajstić information content (AvgIpc) is 2.79. The van der Waals surface area contributed by atoms with Crippen LogP contribution < -0.4 is 20.1 Å². The number of carbonyl (C=O) groups is 1. The van der Waals surface area contributed by atoms with Gasteiger partial charge in [-0.25, -0.2) is 0 Å². The van der Waals surface area contributed by atoms with Crippen molar-refractivity contribution in [2.24, 2.45) is 0 Å². The monoisotopic (exact) mass is 435 g/mol. The summed E-state index contributed by atoms with van der Waals surface area (Å²) in [6.07, 6.45) is 0. The van der Waals surface area contributed by atoms with E-state index in [0.29, 0.717) is 34.4 Å². The number of ether oxygens (including phenoxy) is 2. The number of nitrogens with one attached hydrogen (secondary N) is 2. The minimum Gasteiger partial charge on any atom is -0.495 e. The van der Waals surface area contributed by atoms with Crippen LogP contribution in [0.25, 0.3) is 0 Å². The lowest BCUT2D eigenvalue weighted by Crippen LogP contribution is -2.22. The quantitative estimate of drug-likeness (QED) is 0.510. The van der Waals surface area contributed by atoms with E-state index < -0.39 is 0 Å². The van der Waals surface area contributed by atoms with Crippen LogP contribution in [0.3, 0.4) is 0 Å². The summed E-state index contributed by atoms with van der Waals surface area (Å²) >= 11 is 6.11. The summed E-state index contributed by atoms with van der Waals surface area (Å²) in [4.78, 5) is 12.4. The highest BCUT2D eigenvalue weighted by Crippen LogP contribution is 2.30. The van der Waals surface area contributed by atoms with Crippen molar-refractivity contribution in [1.82, 2.24) is 0 Å². The minimum absolute atomic E-state index is 0.0680. The molecule has 0 fully saturated rings. The van der Waals surface area contributed by atoms with Crippen LogP contribution in [-0.2, 0) is 11.4 Å². The second kappa shape index (κ2) is 10.4. The molecule has 0 aliphatic heterocycles. The van der Waals surface area contributed by atoms with Crippen LogP contribution in [0.15, 0.2) is 60.7 Å². The van der Waals surface area contributed by atoms with Crippen LogP contribution in [0.5, 0.6) is 11.5 Å². The van der Waals surface area contributed by atoms with E-state index in [1.165, 1.54) is 7.11 Å². The first-order valence-corrected chi connectivity index (χ1v) is 9.96. The zero-order chi connectivity index (χ0) is 22.2. The Balaban J connectivity index is 1.57. The standard InChI is InChI=1S/C24H22ClN3O3/c1-16-9-22(23(30-2)12-21(16)25)28-24(29)14-27-19-7-4-8-20(11-19)31-15-18-6-3-5-17(10-18)13-26/h3-12,27H,14-15H2,1-2H3,(H,28,29). The fraction of sp³-hybridized carbons (Fsp3) is 0.167. The molecule has 0 spiro atoms. The molecule has 6 nitrogen and oxygen atoms in total. The molecule has 1 amide bonds. The molecule has 158 valence electrons. The van der Waals surface area contributed by atoms with Gasteiger partial charge >= 0.3 is 0 Å². The number of nitriles is 1. The highest BCUT2D eigenvalue weighted by Gasteiger charge is 2.10. The third kappa shape index (κ3) is 6.14. The Morgan fingerprint density at radius 2 is 1.94 bits per heavy atom. The van der Waals surface area contributed by atoms with Crippen LogP contribution >= 0.6 is 11.6 Å². The van der Waals surface area contributed by atoms with E-state index in [2.05, 4.69) is 16.7 Å². The maximum Gasteiger partial charge on any atom is 0.243 e. The van der Waals surface area contributed by atoms with Crippen molar-refractivity contribution < 1.29 is 14.3 Å². The van der Waals surface area contributed by atoms with Crippen LogP contribution in [-0.4, -0.2) is 19.6 Å². The molecule has 0 saturated heterocycles. The molecule has 0 radical (unpaired) electrons. The molecule has 0 heterocycles. The summed E-state index contributed by atoms with van der Waals surface area (Å²) in [5.74, 6) is 0.933. The van der Waals surface area contributed by atoms with Crippen molar-refractivity contribution in [2.45, 2.75) is 13.5 Å². The predicted molar refractivity (Wildman–Crippen MR) is 122 cm³/mol. The van der Waals surface area contributed by atoms with E-state index in [1.54, 1.807) is 24.3 Å². The zero-order valence-electron chi connectivity index (χ0n) is 17.2. The van der Waals surface area contributed by atoms with E-state index in [1.807, 2.05) is 43.3 Å². The number of nitrogens with zero attached hydrogens (tertiary/aromatic N) is 1. The first-order chi connectivity index (χ1) is 15.0. The zero-order valence-corrected chi connectivity index (χ0v) is 18.0. The van der Waals surface area contributed by atoms with Gasteiger partial charge in [-0.1, -0.05) is 29.8 Å². The molecule has 0 aromatic heterocycles. The topological polar surface area (TPSA) is 83.4 Å². The Morgan fingerprint density at radius 1 is 1.13 bits per heavy atom. The molecule has 7 heteroatoms. The van der Waals surface area contributed by atoms with Crippen molar-refractivity contribution in [3.63, 3.8) is 0 Å². The summed E-state index contributed by atoms with van der Waals surface area (Å²) in [7, 11) is 1.52. The number of anilines is 2. The fourth-order valence-corrected chi connectivity index (χ4v) is 3.05. The lowest BCUT2D eigenvalue weighted by atomic mass is 10.1. The van der Waals surface area contributed by atoms with Gasteiger partial charge in [-0.2, -0.15) is 5.26 Å². The number of rotatable bonds is 8. The first kappa shape index (κ1) is 22.0. The molecule has 3 aromatic carbocycles. The lowest BCUT2D eigenvalue weighted by Gasteiger charge is -2.13. The van der Waals surface area contributed by atoms with E-state index in [4.69, 9.17) is 26.3 Å². The molecule has 3 aromatic rings. The van der Waals surface area contributed by atoms with Crippen molar-refractivity contribution in [3.05, 3.63) is 82.4 Å². The third-order valence-electron chi connectivity index (χ3n) is 4.50. The Labute approximate surface area is 186 Å². The van der Waals surface area contributed by atoms with E-state index in [9.17, 15) is 4.79 Å². The van der Waals surface area contributed by atoms with Gasteiger partial charge in [0.1, 0.15) is 18.1 Å². The van der Waals surface area contributed by atoms with Gasteiger partial charge in [0.15, 0.2) is 0 Å². The summed E-state index contributed by atoms with van der Waals surface area (Å²) in [6, 6.07) is 20.2. The highest BCUT2D eigenvalue weighted by atomic mass is 35.5. The second-order valence-corrected chi connectivity index (χ2v) is 7.24. The van der Waals surface area contributed by atoms with Gasteiger partial charge in [0.05, 0.1) is 31.0 Å². The molecule has 0 saturated carbocycles. The van der Waals surface area contributed by atoms with Crippen LogP contribution in [0.1, 0.15) is 16.7 Å². The first-order valence-electron chi connectivity index (χ1n) is 9.58. The summed E-state index contributed by atoms with van der Waals surface area (Å²) in [5, 5.41) is 15.5. The minimum atomic E-state index is -0.223. The number of hydrogen-bond acceptors (Lipinski definition) is 5. The Hall–Kier alpha value is -3.69. The third-order valence-corrected chi connectivity index (χ3v) is 4.91. The molecule has 0 aliphatic rings. The fourth-order valence-electron chi connectivity index (χ4n) is 2.90. The van der Waals surface area contributed by atoms with E-state index >= 15 is 0 Å². The van der Waals surface area contributed by atoms with Gasteiger partial charge in [0, 0.05) is 22.8 Å². The summed E-state index contributed by atoms with van der Waals surface area (Å²) < 4.78 is 11.1. The van der Waals surface area contributed by atoms with Gasteiger partial charge in [-0.05, 0) is 48.4 Å². The Morgan fingerprint density at radius 3 is 2.71 bits per heavy atom. The SMILES string of the molecule is COc1cc(Cl)c(C)cc1NC(=O)CNc1cccc(OCc2cccc(C#N)c2)c1. The Kier molecular flexibility index (Phi) is 7.36. The number of methoxy groups -OCH3 is 1. The maximum absolute atomic E-state index is 12.4. The number of halogens is 1. The largest absolute Gasteiger partial charge is 0.495 e. The van der Waals surface area contributed by atoms with Crippen LogP contribution in [0, 0.1) is 18.3 Å². The van der Waals surface area contributed by atoms with Gasteiger partial charge in [0.25, 0.3) is 0 Å². The van der Waals surface area contributed by atoms with Gasteiger partial charge in [-0.3, -0.25) is 4.79 Å². The van der Waals surface area contributed by atoms with E-state index in [0.717, 1.165) is 16.8 Å². The van der Waals surface area contributed by atoms with Gasteiger partial charge in [-0.15, -0.1) is 0 Å². The van der Waals surface area contributed by atoms with Crippen LogP contribution in [0.4, 0.5) is 11.4 Å². The van der Waals surface area contributed by atoms with Crippen molar-refractivity contribution >= 4 is 28.9 Å². The molecule has 0 atom stereocenters. The van der Waals surface area contributed by atoms with Crippen molar-refractivity contribution in [2.75, 3.05) is 24.3 Å². The molecular formula is C24H22ClN3O3. The normalized spacial score (nSPS) is 10.1. The number of carbonyl (C=O) groups excluding carboxylic acids is 1. The Bertz CT molecular complexity index is 1130. The molecule has 0 aliphatic carbocycles. The number of aryl methyl sites for hydroxylation is 1. The number of benzene rings is 3. The summed E-state index contributed by atoms with van der Waals surface area (Å²) in [6.45, 7) is 2.27. The molecule has 0 bridgehead atoms. The number of amides is 1. The van der Waals surface area contributed by atoms with Crippen molar-refractivity contribution in [3.8, 4) is 17.6 Å². The molecule has 2 N–H and O–H groups in total. The lowest BCUT2D eigenvalue weighted by molar-refractivity contribution is -0.114. The molecule has 31 heavy (non-hydrogen) atoms. The number of hydrogen-bond donors (Lipinski definition) is 2. The molecular weight excluding hydrogens is 414 g/mol. The van der Waals surface area contributed by atoms with Crippen LogP contribution in [0.2, 0.25) is 5.02 Å². The smallest absolute Gasteiger partial charge is 0.243 e.